The molecule has 0 aliphatic rings. The standard InChI is InChI=1S/C11H13N5O/c1-8-3-2-4-13-9(8)7-16-6-5-14-11(16)10(12)15-17/h2-6,17H,7H2,1H3,(H2,12,15). The van der Waals surface area contributed by atoms with Gasteiger partial charge in [-0.2, -0.15) is 0 Å². The third-order valence-corrected chi connectivity index (χ3v) is 2.49. The number of hydrogen-bond acceptors (Lipinski definition) is 4. The summed E-state index contributed by atoms with van der Waals surface area (Å²) in [7, 11) is 0. The van der Waals surface area contributed by atoms with Crippen molar-refractivity contribution in [3.8, 4) is 0 Å². The summed E-state index contributed by atoms with van der Waals surface area (Å²) < 4.78 is 1.78. The first-order chi connectivity index (χ1) is 8.22. The highest BCUT2D eigenvalue weighted by atomic mass is 16.4. The van der Waals surface area contributed by atoms with Gasteiger partial charge in [0.05, 0.1) is 12.2 Å². The van der Waals surface area contributed by atoms with E-state index in [-0.39, 0.29) is 5.84 Å². The summed E-state index contributed by atoms with van der Waals surface area (Å²) in [5.41, 5.74) is 7.55. The number of nitrogens with zero attached hydrogens (tertiary/aromatic N) is 4. The van der Waals surface area contributed by atoms with Gasteiger partial charge in [0, 0.05) is 18.6 Å². The van der Waals surface area contributed by atoms with Crippen molar-refractivity contribution in [3.63, 3.8) is 0 Å². The molecule has 2 rings (SSSR count). The third kappa shape index (κ3) is 2.25. The van der Waals surface area contributed by atoms with Crippen LogP contribution in [0.25, 0.3) is 0 Å². The summed E-state index contributed by atoms with van der Waals surface area (Å²) >= 11 is 0. The number of oxime groups is 1. The Balaban J connectivity index is 2.32. The topological polar surface area (TPSA) is 89.3 Å². The molecule has 0 aromatic carbocycles. The maximum absolute atomic E-state index is 8.65. The van der Waals surface area contributed by atoms with Crippen LogP contribution in [0.1, 0.15) is 17.1 Å². The van der Waals surface area contributed by atoms with Gasteiger partial charge in [0.25, 0.3) is 0 Å². The van der Waals surface area contributed by atoms with Gasteiger partial charge in [-0.05, 0) is 18.6 Å². The molecule has 0 bridgehead atoms. The first kappa shape index (κ1) is 11.1. The van der Waals surface area contributed by atoms with Crippen LogP contribution in [0.15, 0.2) is 35.9 Å². The lowest BCUT2D eigenvalue weighted by molar-refractivity contribution is 0.318. The van der Waals surface area contributed by atoms with Crippen molar-refractivity contribution >= 4 is 5.84 Å². The summed E-state index contributed by atoms with van der Waals surface area (Å²) in [6.45, 7) is 2.53. The highest BCUT2D eigenvalue weighted by molar-refractivity contribution is 5.93. The van der Waals surface area contributed by atoms with Crippen LogP contribution >= 0.6 is 0 Å². The van der Waals surface area contributed by atoms with E-state index in [0.717, 1.165) is 11.3 Å². The summed E-state index contributed by atoms with van der Waals surface area (Å²) in [6, 6.07) is 3.87. The average molecular weight is 231 g/mol. The predicted octanol–water partition coefficient (Wildman–Crippen LogP) is 0.729. The molecular formula is C11H13N5O. The van der Waals surface area contributed by atoms with E-state index in [1.807, 2.05) is 19.1 Å². The maximum atomic E-state index is 8.65. The molecule has 0 radical (unpaired) electrons. The molecule has 17 heavy (non-hydrogen) atoms. The Bertz CT molecular complexity index is 546. The largest absolute Gasteiger partial charge is 0.409 e. The fourth-order valence-corrected chi connectivity index (χ4v) is 1.56. The van der Waals surface area contributed by atoms with Gasteiger partial charge in [0.15, 0.2) is 5.82 Å². The first-order valence-corrected chi connectivity index (χ1v) is 5.12. The lowest BCUT2D eigenvalue weighted by atomic mass is 10.2. The van der Waals surface area contributed by atoms with Crippen LogP contribution in [-0.4, -0.2) is 25.6 Å². The molecule has 0 saturated heterocycles. The van der Waals surface area contributed by atoms with Gasteiger partial charge in [-0.3, -0.25) is 4.98 Å². The van der Waals surface area contributed by atoms with Crippen LogP contribution in [0.5, 0.6) is 0 Å². The maximum Gasteiger partial charge on any atom is 0.206 e. The van der Waals surface area contributed by atoms with E-state index in [0.29, 0.717) is 12.4 Å². The van der Waals surface area contributed by atoms with Gasteiger partial charge in [0.2, 0.25) is 5.84 Å². The van der Waals surface area contributed by atoms with Gasteiger partial charge in [-0.15, -0.1) is 0 Å². The van der Waals surface area contributed by atoms with E-state index in [4.69, 9.17) is 10.9 Å². The van der Waals surface area contributed by atoms with Crippen LogP contribution in [0.4, 0.5) is 0 Å². The van der Waals surface area contributed by atoms with E-state index in [2.05, 4.69) is 15.1 Å². The van der Waals surface area contributed by atoms with E-state index in [1.54, 1.807) is 23.2 Å². The third-order valence-electron chi connectivity index (χ3n) is 2.49. The zero-order valence-corrected chi connectivity index (χ0v) is 9.41. The SMILES string of the molecule is Cc1cccnc1Cn1ccnc1/C(N)=N/O. The Hall–Kier alpha value is -2.37. The molecule has 3 N–H and O–H groups in total. The second kappa shape index (κ2) is 4.65. The number of pyridine rings is 1. The molecular weight excluding hydrogens is 218 g/mol. The van der Waals surface area contributed by atoms with Crippen molar-refractivity contribution in [2.45, 2.75) is 13.5 Å². The Morgan fingerprint density at radius 1 is 1.47 bits per heavy atom. The summed E-state index contributed by atoms with van der Waals surface area (Å²) in [6.07, 6.45) is 5.11. The van der Waals surface area contributed by atoms with E-state index >= 15 is 0 Å². The molecule has 0 aliphatic carbocycles. The number of aryl methyl sites for hydroxylation is 1. The molecule has 6 nitrogen and oxygen atoms in total. The van der Waals surface area contributed by atoms with Crippen molar-refractivity contribution in [2.24, 2.45) is 10.9 Å². The number of rotatable bonds is 3. The van der Waals surface area contributed by atoms with E-state index < -0.39 is 0 Å². The molecule has 2 aromatic rings. The molecule has 6 heteroatoms. The van der Waals surface area contributed by atoms with Gasteiger partial charge in [0.1, 0.15) is 0 Å². The summed E-state index contributed by atoms with van der Waals surface area (Å²) in [5, 5.41) is 11.6. The Morgan fingerprint density at radius 3 is 3.00 bits per heavy atom. The molecule has 2 aromatic heterocycles. The lowest BCUT2D eigenvalue weighted by Gasteiger charge is -2.08. The van der Waals surface area contributed by atoms with Gasteiger partial charge in [-0.25, -0.2) is 4.98 Å². The van der Waals surface area contributed by atoms with Crippen LogP contribution in [0.3, 0.4) is 0 Å². The minimum Gasteiger partial charge on any atom is -0.409 e. The molecule has 0 spiro atoms. The molecule has 0 saturated carbocycles. The van der Waals surface area contributed by atoms with Crippen molar-refractivity contribution in [2.75, 3.05) is 0 Å². The van der Waals surface area contributed by atoms with Gasteiger partial charge in [-0.1, -0.05) is 11.2 Å². The Kier molecular flexibility index (Phi) is 3.04. The van der Waals surface area contributed by atoms with E-state index in [1.165, 1.54) is 0 Å². The molecule has 0 amide bonds. The van der Waals surface area contributed by atoms with Crippen LogP contribution in [0, 0.1) is 6.92 Å². The van der Waals surface area contributed by atoms with Gasteiger partial charge < -0.3 is 15.5 Å². The van der Waals surface area contributed by atoms with Gasteiger partial charge >= 0.3 is 0 Å². The number of aromatic nitrogens is 3. The van der Waals surface area contributed by atoms with Crippen LogP contribution in [0.2, 0.25) is 0 Å². The zero-order chi connectivity index (χ0) is 12.3. The number of imidazole rings is 1. The second-order valence-electron chi connectivity index (χ2n) is 3.63. The Morgan fingerprint density at radius 2 is 2.29 bits per heavy atom. The van der Waals surface area contributed by atoms with Crippen molar-refractivity contribution in [1.29, 1.82) is 0 Å². The number of amidine groups is 1. The minimum atomic E-state index is -0.0106. The summed E-state index contributed by atoms with van der Waals surface area (Å²) in [5.74, 6) is 0.418. The van der Waals surface area contributed by atoms with Crippen molar-refractivity contribution in [1.82, 2.24) is 14.5 Å². The predicted molar refractivity (Wildman–Crippen MR) is 62.8 cm³/mol. The van der Waals surface area contributed by atoms with Crippen LogP contribution in [-0.2, 0) is 6.54 Å². The Labute approximate surface area is 98.4 Å². The number of hydrogen-bond donors (Lipinski definition) is 2. The molecule has 0 fully saturated rings. The smallest absolute Gasteiger partial charge is 0.206 e. The number of nitrogens with two attached hydrogens (primary N) is 1. The monoisotopic (exact) mass is 231 g/mol. The molecule has 88 valence electrons. The van der Waals surface area contributed by atoms with Crippen LogP contribution < -0.4 is 5.73 Å². The quantitative estimate of drug-likeness (QED) is 0.352. The molecule has 0 aliphatic heterocycles. The second-order valence-corrected chi connectivity index (χ2v) is 3.63. The average Bonchev–Trinajstić information content (AvgIpc) is 2.79. The van der Waals surface area contributed by atoms with Crippen molar-refractivity contribution < 1.29 is 5.21 Å². The summed E-state index contributed by atoms with van der Waals surface area (Å²) in [4.78, 5) is 8.32. The lowest BCUT2D eigenvalue weighted by Crippen LogP contribution is -2.20. The normalized spacial score (nSPS) is 11.7. The minimum absolute atomic E-state index is 0.0106. The molecule has 2 heterocycles. The first-order valence-electron chi connectivity index (χ1n) is 5.12. The van der Waals surface area contributed by atoms with E-state index in [9.17, 15) is 0 Å². The molecule has 0 atom stereocenters. The van der Waals surface area contributed by atoms with Crippen molar-refractivity contribution in [3.05, 3.63) is 47.8 Å². The highest BCUT2D eigenvalue weighted by Crippen LogP contribution is 2.07. The highest BCUT2D eigenvalue weighted by Gasteiger charge is 2.09. The fraction of sp³-hybridized carbons (Fsp3) is 0.182. The fourth-order valence-electron chi connectivity index (χ4n) is 1.56. The zero-order valence-electron chi connectivity index (χ0n) is 9.41. The molecule has 0 unspecified atom stereocenters.